The maximum absolute atomic E-state index is 11.0. The van der Waals surface area contributed by atoms with Gasteiger partial charge in [-0.3, -0.25) is 0 Å². The van der Waals surface area contributed by atoms with E-state index in [4.69, 9.17) is 5.11 Å². The molecule has 100 valence electrons. The molecule has 0 unspecified atom stereocenters. The lowest BCUT2D eigenvalue weighted by Crippen LogP contribution is -2.23. The number of carboxylic acid groups (broad SMARTS) is 1. The molecule has 3 atom stereocenters. The van der Waals surface area contributed by atoms with Crippen molar-refractivity contribution in [3.05, 3.63) is 22.8 Å². The fourth-order valence-electron chi connectivity index (χ4n) is 3.75. The predicted molar refractivity (Wildman–Crippen MR) is 73.3 cm³/mol. The number of rotatable bonds is 3. The van der Waals surface area contributed by atoms with Crippen molar-refractivity contribution in [2.24, 2.45) is 17.8 Å². The molecule has 1 fully saturated rings. The van der Waals surface area contributed by atoms with E-state index in [1.807, 2.05) is 6.08 Å². The third kappa shape index (κ3) is 2.38. The van der Waals surface area contributed by atoms with Gasteiger partial charge in [-0.2, -0.15) is 0 Å². The molecule has 0 bridgehead atoms. The lowest BCUT2D eigenvalue weighted by molar-refractivity contribution is -0.132. The van der Waals surface area contributed by atoms with Gasteiger partial charge in [-0.05, 0) is 56.8 Å². The van der Waals surface area contributed by atoms with Crippen molar-refractivity contribution in [3.63, 3.8) is 0 Å². The van der Waals surface area contributed by atoms with Gasteiger partial charge in [0.05, 0.1) is 0 Å². The summed E-state index contributed by atoms with van der Waals surface area (Å²) in [5.74, 6) is 1.11. The Morgan fingerprint density at radius 3 is 2.72 bits per heavy atom. The summed E-state index contributed by atoms with van der Waals surface area (Å²) in [4.78, 5) is 11.0. The maximum atomic E-state index is 11.0. The van der Waals surface area contributed by atoms with Crippen LogP contribution in [0.5, 0.6) is 0 Å². The van der Waals surface area contributed by atoms with E-state index in [2.05, 4.69) is 13.8 Å². The molecule has 2 heteroatoms. The zero-order valence-electron chi connectivity index (χ0n) is 11.7. The first-order valence-electron chi connectivity index (χ1n) is 7.18. The van der Waals surface area contributed by atoms with E-state index in [1.165, 1.54) is 19.3 Å². The van der Waals surface area contributed by atoms with E-state index in [1.54, 1.807) is 18.1 Å². The standard InChI is InChI=1S/C16H24O2/c1-4-12-7-8-14-10(2)5-6-13(15(12)14)9-11(3)16(17)18/h9-10,13-14H,4-8H2,1-3H3,(H,17,18)/b11-9+/t10-,13+,14-/m1/s1. The van der Waals surface area contributed by atoms with E-state index in [0.717, 1.165) is 24.7 Å². The predicted octanol–water partition coefficient (Wildman–Crippen LogP) is 4.18. The second-order valence-corrected chi connectivity index (χ2v) is 5.87. The molecular weight excluding hydrogens is 224 g/mol. The lowest BCUT2D eigenvalue weighted by Gasteiger charge is -2.34. The third-order valence-electron chi connectivity index (χ3n) is 4.80. The topological polar surface area (TPSA) is 37.3 Å². The molecule has 2 aliphatic rings. The lowest BCUT2D eigenvalue weighted by atomic mass is 9.71. The van der Waals surface area contributed by atoms with Crippen molar-refractivity contribution in [3.8, 4) is 0 Å². The largest absolute Gasteiger partial charge is 0.478 e. The molecule has 2 rings (SSSR count). The molecule has 0 radical (unpaired) electrons. The Labute approximate surface area is 110 Å². The smallest absolute Gasteiger partial charge is 0.330 e. The molecule has 2 aliphatic carbocycles. The number of fused-ring (bicyclic) bond motifs is 1. The number of carbonyl (C=O) groups is 1. The molecule has 1 N–H and O–H groups in total. The average molecular weight is 248 g/mol. The van der Waals surface area contributed by atoms with Gasteiger partial charge in [0.25, 0.3) is 0 Å². The number of allylic oxidation sites excluding steroid dienone is 3. The van der Waals surface area contributed by atoms with Crippen LogP contribution in [0.25, 0.3) is 0 Å². The van der Waals surface area contributed by atoms with Gasteiger partial charge in [-0.25, -0.2) is 4.79 Å². The maximum Gasteiger partial charge on any atom is 0.330 e. The van der Waals surface area contributed by atoms with Crippen LogP contribution < -0.4 is 0 Å². The second-order valence-electron chi connectivity index (χ2n) is 5.87. The number of carboxylic acids is 1. The van der Waals surface area contributed by atoms with Crippen molar-refractivity contribution in [2.45, 2.75) is 52.9 Å². The molecule has 18 heavy (non-hydrogen) atoms. The van der Waals surface area contributed by atoms with Crippen molar-refractivity contribution < 1.29 is 9.90 Å². The van der Waals surface area contributed by atoms with Gasteiger partial charge in [0, 0.05) is 5.57 Å². The van der Waals surface area contributed by atoms with Gasteiger partial charge >= 0.3 is 5.97 Å². The Kier molecular flexibility index (Phi) is 3.94. The summed E-state index contributed by atoms with van der Waals surface area (Å²) in [5.41, 5.74) is 3.70. The molecule has 2 nitrogen and oxygen atoms in total. The van der Waals surface area contributed by atoms with E-state index in [0.29, 0.717) is 11.5 Å². The summed E-state index contributed by atoms with van der Waals surface area (Å²) in [7, 11) is 0. The fourth-order valence-corrected chi connectivity index (χ4v) is 3.75. The van der Waals surface area contributed by atoms with Crippen molar-refractivity contribution in [2.75, 3.05) is 0 Å². The molecule has 0 aromatic heterocycles. The van der Waals surface area contributed by atoms with Gasteiger partial charge in [0.1, 0.15) is 0 Å². The molecule has 1 saturated carbocycles. The number of hydrogen-bond acceptors (Lipinski definition) is 1. The quantitative estimate of drug-likeness (QED) is 0.601. The Bertz CT molecular complexity index is 403. The highest BCUT2D eigenvalue weighted by Gasteiger charge is 2.36. The highest BCUT2D eigenvalue weighted by molar-refractivity contribution is 5.85. The van der Waals surface area contributed by atoms with Crippen LogP contribution >= 0.6 is 0 Å². The van der Waals surface area contributed by atoms with Crippen LogP contribution in [0, 0.1) is 17.8 Å². The Balaban J connectivity index is 2.31. The number of hydrogen-bond donors (Lipinski definition) is 1. The first kappa shape index (κ1) is 13.4. The summed E-state index contributed by atoms with van der Waals surface area (Å²) >= 11 is 0. The fraction of sp³-hybridized carbons (Fsp3) is 0.688. The van der Waals surface area contributed by atoms with Crippen LogP contribution in [0.15, 0.2) is 22.8 Å². The monoisotopic (exact) mass is 248 g/mol. The van der Waals surface area contributed by atoms with E-state index in [9.17, 15) is 4.79 Å². The molecule has 0 aliphatic heterocycles. The van der Waals surface area contributed by atoms with Crippen LogP contribution in [0.2, 0.25) is 0 Å². The molecule has 0 amide bonds. The minimum Gasteiger partial charge on any atom is -0.478 e. The van der Waals surface area contributed by atoms with Gasteiger partial charge in [-0.1, -0.05) is 31.1 Å². The van der Waals surface area contributed by atoms with Gasteiger partial charge in [-0.15, -0.1) is 0 Å². The zero-order chi connectivity index (χ0) is 13.3. The van der Waals surface area contributed by atoms with Crippen LogP contribution in [-0.2, 0) is 4.79 Å². The molecule has 0 aromatic rings. The summed E-state index contributed by atoms with van der Waals surface area (Å²) in [6.07, 6.45) is 8.01. The van der Waals surface area contributed by atoms with E-state index < -0.39 is 5.97 Å². The van der Waals surface area contributed by atoms with Gasteiger partial charge in [0.15, 0.2) is 0 Å². The highest BCUT2D eigenvalue weighted by atomic mass is 16.4. The van der Waals surface area contributed by atoms with Crippen LogP contribution in [0.4, 0.5) is 0 Å². The Morgan fingerprint density at radius 1 is 1.39 bits per heavy atom. The van der Waals surface area contributed by atoms with Crippen molar-refractivity contribution in [1.29, 1.82) is 0 Å². The summed E-state index contributed by atoms with van der Waals surface area (Å²) in [6, 6.07) is 0. The van der Waals surface area contributed by atoms with Gasteiger partial charge in [0.2, 0.25) is 0 Å². The van der Waals surface area contributed by atoms with Crippen LogP contribution in [0.3, 0.4) is 0 Å². The second kappa shape index (κ2) is 5.29. The van der Waals surface area contributed by atoms with Crippen molar-refractivity contribution in [1.82, 2.24) is 0 Å². The molecule has 0 aromatic carbocycles. The summed E-state index contributed by atoms with van der Waals surface area (Å²) < 4.78 is 0. The molecule has 0 spiro atoms. The summed E-state index contributed by atoms with van der Waals surface area (Å²) in [5, 5.41) is 9.04. The first-order chi connectivity index (χ1) is 8.54. The molecule has 0 saturated heterocycles. The Morgan fingerprint density at radius 2 is 2.11 bits per heavy atom. The minimum absolute atomic E-state index is 0.389. The minimum atomic E-state index is -0.776. The van der Waals surface area contributed by atoms with E-state index in [-0.39, 0.29) is 0 Å². The molecular formula is C16H24O2. The number of aliphatic carboxylic acids is 1. The zero-order valence-corrected chi connectivity index (χ0v) is 11.7. The van der Waals surface area contributed by atoms with Crippen molar-refractivity contribution >= 4 is 5.97 Å². The van der Waals surface area contributed by atoms with Crippen LogP contribution in [0.1, 0.15) is 52.9 Å². The SMILES string of the molecule is CCC1=C2[C@H](/C=C(\C)C(=O)O)CC[C@@H](C)[C@H]2CC1. The molecule has 0 heterocycles. The van der Waals surface area contributed by atoms with E-state index >= 15 is 0 Å². The Hall–Kier alpha value is -1.05. The highest BCUT2D eigenvalue weighted by Crippen LogP contribution is 2.49. The normalized spacial score (nSPS) is 32.6. The average Bonchev–Trinajstić information content (AvgIpc) is 2.77. The summed E-state index contributed by atoms with van der Waals surface area (Å²) in [6.45, 7) is 6.30. The third-order valence-corrected chi connectivity index (χ3v) is 4.80. The van der Waals surface area contributed by atoms with Gasteiger partial charge < -0.3 is 5.11 Å². The van der Waals surface area contributed by atoms with Crippen LogP contribution in [-0.4, -0.2) is 11.1 Å². The first-order valence-corrected chi connectivity index (χ1v) is 7.18.